The van der Waals surface area contributed by atoms with Crippen molar-refractivity contribution in [1.29, 1.82) is 0 Å². The van der Waals surface area contributed by atoms with E-state index in [1.54, 1.807) is 0 Å². The van der Waals surface area contributed by atoms with Crippen molar-refractivity contribution in [3.05, 3.63) is 23.2 Å². The van der Waals surface area contributed by atoms with E-state index in [1.165, 1.54) is 6.92 Å². The smallest absolute Gasteiger partial charge is 0.875 e. The summed E-state index contributed by atoms with van der Waals surface area (Å²) in [4.78, 5) is 21.9. The van der Waals surface area contributed by atoms with Crippen molar-refractivity contribution in [3.63, 3.8) is 0 Å². The summed E-state index contributed by atoms with van der Waals surface area (Å²) in [6.45, 7) is 2.63. The number of ether oxygens (including phenoxy) is 1. The van der Waals surface area contributed by atoms with Crippen LogP contribution in [0, 0.1) is 0 Å². The van der Waals surface area contributed by atoms with Crippen LogP contribution in [0.2, 0.25) is 0 Å². The van der Waals surface area contributed by atoms with Crippen molar-refractivity contribution in [2.75, 3.05) is 0 Å². The molecule has 0 aliphatic carbocycles. The van der Waals surface area contributed by atoms with Crippen LogP contribution < -0.4 is 34.7 Å². The summed E-state index contributed by atoms with van der Waals surface area (Å²) in [7, 11) is 0. The molecule has 0 radical (unpaired) electrons. The molecule has 1 rings (SSSR count). The molecule has 0 N–H and O–H groups in total. The Hall–Kier alpha value is -0.580. The van der Waals surface area contributed by atoms with Gasteiger partial charge in [-0.25, -0.2) is 4.79 Å². The monoisotopic (exact) mass is 190 g/mol. The Kier molecular flexibility index (Phi) is 4.39. The Bertz CT molecular complexity index is 310. The third kappa shape index (κ3) is 2.69. The molecule has 1 aliphatic heterocycles. The quantitative estimate of drug-likeness (QED) is 0.132. The average Bonchev–Trinajstić information content (AvgIpc) is 1.82. The summed E-state index contributed by atoms with van der Waals surface area (Å²) < 4.78 is 4.57. The molecule has 0 fully saturated rings. The van der Waals surface area contributed by atoms with Gasteiger partial charge in [-0.05, 0) is 6.92 Å². The van der Waals surface area contributed by atoms with E-state index in [0.717, 1.165) is 13.0 Å². The molecule has 0 spiro atoms. The first-order valence-corrected chi connectivity index (χ1v) is 3.35. The summed E-state index contributed by atoms with van der Waals surface area (Å²) >= 11 is 0. The minimum Gasteiger partial charge on any atom is -0.875 e. The molecular weight excluding hydrogens is 183 g/mol. The van der Waals surface area contributed by atoms with Gasteiger partial charge in [0.05, 0.1) is 5.57 Å². The minimum atomic E-state index is -0.854. The average molecular weight is 190 g/mol. The van der Waals surface area contributed by atoms with Crippen molar-refractivity contribution in [2.45, 2.75) is 13.8 Å². The molecule has 4 nitrogen and oxygen atoms in total. The predicted octanol–water partition coefficient (Wildman–Crippen LogP) is -3.35. The molecule has 0 saturated heterocycles. The van der Waals surface area contributed by atoms with Gasteiger partial charge in [0, 0.05) is 6.08 Å². The van der Waals surface area contributed by atoms with E-state index in [9.17, 15) is 14.7 Å². The maximum absolute atomic E-state index is 11.0. The van der Waals surface area contributed by atoms with Gasteiger partial charge in [0.2, 0.25) is 0 Å². The molecule has 0 aromatic rings. The fourth-order valence-electron chi connectivity index (χ4n) is 0.901. The van der Waals surface area contributed by atoms with Gasteiger partial charge in [-0.3, -0.25) is 4.79 Å². The number of cyclic esters (lactones) is 1. The van der Waals surface area contributed by atoms with Crippen molar-refractivity contribution < 1.29 is 49.0 Å². The summed E-state index contributed by atoms with van der Waals surface area (Å²) in [6.07, 6.45) is 1.12. The zero-order chi connectivity index (χ0) is 9.30. The number of carbonyl (C=O) groups excluding carboxylic acids is 2. The topological polar surface area (TPSA) is 66.4 Å². The molecule has 0 aromatic heterocycles. The molecule has 5 heteroatoms. The summed E-state index contributed by atoms with van der Waals surface area (Å²) in [5.41, 5.74) is -0.402. The van der Waals surface area contributed by atoms with Crippen molar-refractivity contribution >= 4 is 11.8 Å². The van der Waals surface area contributed by atoms with Gasteiger partial charge in [0.25, 0.3) is 0 Å². The Balaban J connectivity index is 0.00000144. The number of allylic oxidation sites excluding steroid dienone is 3. The standard InChI is InChI=1S/C8H8O4.Na/c1-4-3-6(10)7(5(2)9)8(11)12-4;/h3,9H,1-2H3;/q;+1/p-1/b7-5-;. The Morgan fingerprint density at radius 1 is 1.46 bits per heavy atom. The number of rotatable bonds is 0. The van der Waals surface area contributed by atoms with E-state index >= 15 is 0 Å². The van der Waals surface area contributed by atoms with Gasteiger partial charge < -0.3 is 9.84 Å². The number of esters is 1. The zero-order valence-corrected chi connectivity index (χ0v) is 9.71. The van der Waals surface area contributed by atoms with Crippen molar-refractivity contribution in [2.24, 2.45) is 0 Å². The molecular formula is C8H7NaO4. The molecule has 1 aliphatic rings. The number of carbonyl (C=O) groups is 2. The Morgan fingerprint density at radius 3 is 2.38 bits per heavy atom. The summed E-state index contributed by atoms with van der Waals surface area (Å²) in [5, 5.41) is 10.7. The first kappa shape index (κ1) is 12.4. The van der Waals surface area contributed by atoms with Gasteiger partial charge in [0.15, 0.2) is 5.78 Å². The van der Waals surface area contributed by atoms with Gasteiger partial charge >= 0.3 is 35.5 Å². The molecule has 13 heavy (non-hydrogen) atoms. The van der Waals surface area contributed by atoms with E-state index in [1.807, 2.05) is 0 Å². The summed E-state index contributed by atoms with van der Waals surface area (Å²) in [5.74, 6) is -1.77. The Morgan fingerprint density at radius 2 is 2.00 bits per heavy atom. The second kappa shape index (κ2) is 4.60. The largest absolute Gasteiger partial charge is 1.00 e. The van der Waals surface area contributed by atoms with E-state index in [-0.39, 0.29) is 35.3 Å². The molecule has 0 unspecified atom stereocenters. The van der Waals surface area contributed by atoms with Crippen molar-refractivity contribution in [1.82, 2.24) is 0 Å². The van der Waals surface area contributed by atoms with Gasteiger partial charge in [-0.1, -0.05) is 6.92 Å². The van der Waals surface area contributed by atoms with Crippen LogP contribution in [0.25, 0.3) is 0 Å². The zero-order valence-electron chi connectivity index (χ0n) is 7.71. The molecule has 1 heterocycles. The van der Waals surface area contributed by atoms with Crippen LogP contribution in [0.15, 0.2) is 23.2 Å². The summed E-state index contributed by atoms with van der Waals surface area (Å²) in [6, 6.07) is 0. The molecule has 0 atom stereocenters. The van der Waals surface area contributed by atoms with Crippen LogP contribution in [-0.4, -0.2) is 11.8 Å². The van der Waals surface area contributed by atoms with Crippen LogP contribution in [-0.2, 0) is 14.3 Å². The van der Waals surface area contributed by atoms with Crippen LogP contribution >= 0.6 is 0 Å². The fourth-order valence-corrected chi connectivity index (χ4v) is 0.901. The van der Waals surface area contributed by atoms with Gasteiger partial charge in [-0.15, -0.1) is 5.76 Å². The number of ketones is 1. The molecule has 0 bridgehead atoms. The molecule has 0 aromatic carbocycles. The third-order valence-electron chi connectivity index (χ3n) is 1.39. The molecule has 0 saturated carbocycles. The first-order valence-electron chi connectivity index (χ1n) is 3.35. The van der Waals surface area contributed by atoms with Gasteiger partial charge in [0.1, 0.15) is 5.76 Å². The maximum atomic E-state index is 11.0. The second-order valence-corrected chi connectivity index (χ2v) is 2.44. The molecule has 0 amide bonds. The van der Waals surface area contributed by atoms with Gasteiger partial charge in [-0.2, -0.15) is 0 Å². The van der Waals surface area contributed by atoms with E-state index < -0.39 is 23.1 Å². The molecule has 64 valence electrons. The van der Waals surface area contributed by atoms with Crippen LogP contribution in [0.1, 0.15) is 13.8 Å². The van der Waals surface area contributed by atoms with E-state index in [2.05, 4.69) is 4.74 Å². The second-order valence-electron chi connectivity index (χ2n) is 2.44. The fraction of sp³-hybridized carbons (Fsp3) is 0.250. The van der Waals surface area contributed by atoms with E-state index in [0.29, 0.717) is 0 Å². The minimum absolute atomic E-state index is 0. The van der Waals surface area contributed by atoms with E-state index in [4.69, 9.17) is 0 Å². The maximum Gasteiger partial charge on any atom is 1.00 e. The normalized spacial score (nSPS) is 20.0. The van der Waals surface area contributed by atoms with Crippen LogP contribution in [0.5, 0.6) is 0 Å². The van der Waals surface area contributed by atoms with Crippen molar-refractivity contribution in [3.8, 4) is 0 Å². The predicted molar refractivity (Wildman–Crippen MR) is 37.6 cm³/mol. The Labute approximate surface area is 97.6 Å². The van der Waals surface area contributed by atoms with Crippen LogP contribution in [0.3, 0.4) is 0 Å². The van der Waals surface area contributed by atoms with Crippen LogP contribution in [0.4, 0.5) is 0 Å². The third-order valence-corrected chi connectivity index (χ3v) is 1.39. The SMILES string of the molecule is CC1=CC(=O)/C(=C(\C)[O-])C(=O)O1.[Na+]. The number of hydrogen-bond donors (Lipinski definition) is 0. The first-order chi connectivity index (χ1) is 5.52. The number of hydrogen-bond acceptors (Lipinski definition) is 4.